The van der Waals surface area contributed by atoms with Crippen LogP contribution >= 0.6 is 0 Å². The van der Waals surface area contributed by atoms with Gasteiger partial charge in [0.2, 0.25) is 0 Å². The van der Waals surface area contributed by atoms with Crippen LogP contribution in [0.5, 0.6) is 0 Å². The van der Waals surface area contributed by atoms with Crippen molar-refractivity contribution in [1.29, 1.82) is 0 Å². The normalized spacial score (nSPS) is 11.1. The Morgan fingerprint density at radius 1 is 1.27 bits per heavy atom. The van der Waals surface area contributed by atoms with Crippen molar-refractivity contribution in [3.8, 4) is 0 Å². The predicted molar refractivity (Wildman–Crippen MR) is 57.2 cm³/mol. The topological polar surface area (TPSA) is 63.1 Å². The highest BCUT2D eigenvalue weighted by atomic mass is 16.4. The molecule has 15 heavy (non-hydrogen) atoms. The molecule has 1 aromatic carbocycles. The van der Waals surface area contributed by atoms with Gasteiger partial charge in [-0.25, -0.2) is 4.79 Å². The van der Waals surface area contributed by atoms with Gasteiger partial charge >= 0.3 is 5.76 Å². The Kier molecular flexibility index (Phi) is 2.19. The summed E-state index contributed by atoms with van der Waals surface area (Å²) >= 11 is 0. The van der Waals surface area contributed by atoms with Gasteiger partial charge in [-0.1, -0.05) is 19.9 Å². The molecule has 0 radical (unpaired) electrons. The number of H-pyrrole nitrogens is 1. The van der Waals surface area contributed by atoms with E-state index in [0.29, 0.717) is 16.9 Å². The largest absolute Gasteiger partial charge is 0.419 e. The van der Waals surface area contributed by atoms with Crippen LogP contribution in [0.4, 0.5) is 0 Å². The standard InChI is InChI=1S/C11H11NO3/c1-6(2)7-3-4-9-8(5-7)10(13)12-11(14)15-9/h3-6H,1-2H3,(H,12,13,14). The van der Waals surface area contributed by atoms with Gasteiger partial charge in [0.1, 0.15) is 5.58 Å². The molecule has 0 amide bonds. The zero-order valence-electron chi connectivity index (χ0n) is 8.53. The lowest BCUT2D eigenvalue weighted by atomic mass is 10.0. The first-order valence-corrected chi connectivity index (χ1v) is 4.75. The zero-order valence-corrected chi connectivity index (χ0v) is 8.53. The summed E-state index contributed by atoms with van der Waals surface area (Å²) in [6, 6.07) is 5.26. The number of aromatic nitrogens is 1. The molecule has 1 aromatic heterocycles. The maximum Gasteiger partial charge on any atom is 0.419 e. The van der Waals surface area contributed by atoms with E-state index in [2.05, 4.69) is 4.98 Å². The predicted octanol–water partition coefficient (Wildman–Crippen LogP) is 1.60. The van der Waals surface area contributed by atoms with Crippen LogP contribution in [-0.4, -0.2) is 4.98 Å². The second-order valence-corrected chi connectivity index (χ2v) is 3.75. The Balaban J connectivity index is 2.83. The van der Waals surface area contributed by atoms with E-state index in [1.54, 1.807) is 12.1 Å². The molecule has 1 N–H and O–H groups in total. The number of nitrogens with one attached hydrogen (secondary N) is 1. The molecule has 4 heteroatoms. The molecule has 0 atom stereocenters. The SMILES string of the molecule is CC(C)c1ccc2oc(=O)[nH]c(=O)c2c1. The third-order valence-corrected chi connectivity index (χ3v) is 2.33. The number of benzene rings is 1. The highest BCUT2D eigenvalue weighted by Crippen LogP contribution is 2.17. The molecule has 0 aliphatic heterocycles. The van der Waals surface area contributed by atoms with E-state index in [9.17, 15) is 9.59 Å². The first-order chi connectivity index (χ1) is 7.08. The second kappa shape index (κ2) is 3.38. The lowest BCUT2D eigenvalue weighted by molar-refractivity contribution is 0.528. The zero-order chi connectivity index (χ0) is 11.0. The fourth-order valence-electron chi connectivity index (χ4n) is 1.46. The van der Waals surface area contributed by atoms with Crippen molar-refractivity contribution in [2.45, 2.75) is 19.8 Å². The summed E-state index contributed by atoms with van der Waals surface area (Å²) in [5.74, 6) is -0.384. The minimum atomic E-state index is -0.718. The highest BCUT2D eigenvalue weighted by molar-refractivity contribution is 5.76. The molecule has 0 spiro atoms. The Labute approximate surface area is 85.6 Å². The van der Waals surface area contributed by atoms with Crippen molar-refractivity contribution < 1.29 is 4.42 Å². The van der Waals surface area contributed by atoms with E-state index in [1.165, 1.54) is 0 Å². The third kappa shape index (κ3) is 1.70. The monoisotopic (exact) mass is 205 g/mol. The number of aromatic amines is 1. The summed E-state index contributed by atoms with van der Waals surface area (Å²) in [5.41, 5.74) is 0.971. The van der Waals surface area contributed by atoms with Crippen LogP contribution in [0.1, 0.15) is 25.3 Å². The molecule has 2 rings (SSSR count). The maximum atomic E-state index is 11.5. The van der Waals surface area contributed by atoms with Gasteiger partial charge in [-0.2, -0.15) is 0 Å². The Morgan fingerprint density at radius 3 is 2.67 bits per heavy atom. The van der Waals surface area contributed by atoms with Gasteiger partial charge in [0, 0.05) is 0 Å². The van der Waals surface area contributed by atoms with Gasteiger partial charge in [-0.3, -0.25) is 9.78 Å². The van der Waals surface area contributed by atoms with E-state index >= 15 is 0 Å². The van der Waals surface area contributed by atoms with Crippen LogP contribution in [0.2, 0.25) is 0 Å². The number of hydrogen-bond donors (Lipinski definition) is 1. The summed E-state index contributed by atoms with van der Waals surface area (Å²) < 4.78 is 4.87. The van der Waals surface area contributed by atoms with Crippen LogP contribution in [-0.2, 0) is 0 Å². The maximum absolute atomic E-state index is 11.5. The molecule has 1 heterocycles. The van der Waals surface area contributed by atoms with Gasteiger partial charge in [0.05, 0.1) is 5.39 Å². The number of fused-ring (bicyclic) bond motifs is 1. The first kappa shape index (κ1) is 9.71. The molecular weight excluding hydrogens is 194 g/mol. The molecule has 0 saturated carbocycles. The van der Waals surface area contributed by atoms with Crippen molar-refractivity contribution in [3.63, 3.8) is 0 Å². The Morgan fingerprint density at radius 2 is 2.00 bits per heavy atom. The van der Waals surface area contributed by atoms with Crippen molar-refractivity contribution in [2.24, 2.45) is 0 Å². The summed E-state index contributed by atoms with van der Waals surface area (Å²) in [6.45, 7) is 4.07. The average Bonchev–Trinajstić information content (AvgIpc) is 2.16. The Bertz CT molecular complexity index is 607. The second-order valence-electron chi connectivity index (χ2n) is 3.75. The summed E-state index contributed by atoms with van der Waals surface area (Å²) in [4.78, 5) is 24.5. The highest BCUT2D eigenvalue weighted by Gasteiger charge is 2.05. The fourth-order valence-corrected chi connectivity index (χ4v) is 1.46. The van der Waals surface area contributed by atoms with Crippen LogP contribution in [0, 0.1) is 0 Å². The van der Waals surface area contributed by atoms with Gasteiger partial charge in [-0.15, -0.1) is 0 Å². The third-order valence-electron chi connectivity index (χ3n) is 2.33. The average molecular weight is 205 g/mol. The van der Waals surface area contributed by atoms with Crippen molar-refractivity contribution >= 4 is 11.0 Å². The molecule has 0 bridgehead atoms. The van der Waals surface area contributed by atoms with Crippen LogP contribution in [0.3, 0.4) is 0 Å². The van der Waals surface area contributed by atoms with E-state index in [4.69, 9.17) is 4.42 Å². The van der Waals surface area contributed by atoms with Crippen molar-refractivity contribution in [1.82, 2.24) is 4.98 Å². The first-order valence-electron chi connectivity index (χ1n) is 4.75. The van der Waals surface area contributed by atoms with Crippen molar-refractivity contribution in [3.05, 3.63) is 44.7 Å². The molecule has 4 nitrogen and oxygen atoms in total. The van der Waals surface area contributed by atoms with Crippen molar-refractivity contribution in [2.75, 3.05) is 0 Å². The lowest BCUT2D eigenvalue weighted by Gasteiger charge is -2.04. The molecule has 0 unspecified atom stereocenters. The van der Waals surface area contributed by atoms with E-state index in [-0.39, 0.29) is 0 Å². The summed E-state index contributed by atoms with van der Waals surface area (Å²) in [6.07, 6.45) is 0. The quantitative estimate of drug-likeness (QED) is 0.769. The molecule has 0 saturated heterocycles. The van der Waals surface area contributed by atoms with Gasteiger partial charge in [0.25, 0.3) is 5.56 Å². The molecule has 0 aliphatic rings. The van der Waals surface area contributed by atoms with Gasteiger partial charge in [-0.05, 0) is 23.6 Å². The minimum absolute atomic E-state index is 0.327. The molecule has 0 aliphatic carbocycles. The minimum Gasteiger partial charge on any atom is -0.409 e. The summed E-state index contributed by atoms with van der Waals surface area (Å²) in [7, 11) is 0. The lowest BCUT2D eigenvalue weighted by Crippen LogP contribution is -2.18. The molecule has 0 fully saturated rings. The van der Waals surface area contributed by atoms with Gasteiger partial charge in [0.15, 0.2) is 0 Å². The van der Waals surface area contributed by atoms with Crippen LogP contribution in [0.15, 0.2) is 32.2 Å². The van der Waals surface area contributed by atoms with Crippen LogP contribution < -0.4 is 11.3 Å². The summed E-state index contributed by atoms with van der Waals surface area (Å²) in [5, 5.41) is 0.417. The number of hydrogen-bond acceptors (Lipinski definition) is 3. The molecular formula is C11H11NO3. The fraction of sp³-hybridized carbons (Fsp3) is 0.273. The Hall–Kier alpha value is -1.84. The van der Waals surface area contributed by atoms with E-state index in [0.717, 1.165) is 5.56 Å². The van der Waals surface area contributed by atoms with Crippen LogP contribution in [0.25, 0.3) is 11.0 Å². The molecule has 2 aromatic rings. The van der Waals surface area contributed by atoms with E-state index in [1.807, 2.05) is 19.9 Å². The van der Waals surface area contributed by atoms with Gasteiger partial charge < -0.3 is 4.42 Å². The molecule has 78 valence electrons. The smallest absolute Gasteiger partial charge is 0.409 e. The van der Waals surface area contributed by atoms with E-state index < -0.39 is 11.3 Å². The number of rotatable bonds is 1.